The Balaban J connectivity index is 2.21. The van der Waals surface area contributed by atoms with Gasteiger partial charge in [0.1, 0.15) is 0 Å². The molecule has 0 aliphatic rings. The van der Waals surface area contributed by atoms with Gasteiger partial charge in [0.15, 0.2) is 9.84 Å². The molecule has 0 bridgehead atoms. The van der Waals surface area contributed by atoms with E-state index in [0.29, 0.717) is 5.56 Å². The van der Waals surface area contributed by atoms with E-state index >= 15 is 0 Å². The van der Waals surface area contributed by atoms with Crippen LogP contribution in [0.5, 0.6) is 0 Å². The van der Waals surface area contributed by atoms with Crippen molar-refractivity contribution in [2.45, 2.75) is 16.3 Å². The summed E-state index contributed by atoms with van der Waals surface area (Å²) in [6.07, 6.45) is 0.883. The maximum absolute atomic E-state index is 12.3. The number of nitro benzene ring substituents is 1. The Hall–Kier alpha value is -2.83. The molecule has 0 spiro atoms. The van der Waals surface area contributed by atoms with Crippen molar-refractivity contribution >= 4 is 31.5 Å². The summed E-state index contributed by atoms with van der Waals surface area (Å²) in [6.45, 7) is 0.00954. The van der Waals surface area contributed by atoms with Crippen molar-refractivity contribution in [1.29, 1.82) is 0 Å². The first-order valence-corrected chi connectivity index (χ1v) is 11.1. The van der Waals surface area contributed by atoms with Crippen LogP contribution in [0.2, 0.25) is 0 Å². The molecule has 2 N–H and O–H groups in total. The molecule has 10 nitrogen and oxygen atoms in total. The summed E-state index contributed by atoms with van der Waals surface area (Å²) in [4.78, 5) is 22.2. The molecule has 0 unspecified atom stereocenters. The van der Waals surface area contributed by atoms with Crippen LogP contribution in [0, 0.1) is 10.1 Å². The third-order valence-electron chi connectivity index (χ3n) is 3.75. The number of carbonyl (C=O) groups is 1. The van der Waals surface area contributed by atoms with Gasteiger partial charge in [0, 0.05) is 30.5 Å². The average Bonchev–Trinajstić information content (AvgIpc) is 2.65. The van der Waals surface area contributed by atoms with Gasteiger partial charge >= 0.3 is 0 Å². The summed E-state index contributed by atoms with van der Waals surface area (Å²) in [5.74, 6) is -0.708. The van der Waals surface area contributed by atoms with Crippen LogP contribution >= 0.6 is 0 Å². The van der Waals surface area contributed by atoms with Crippen molar-refractivity contribution in [3.63, 3.8) is 0 Å². The van der Waals surface area contributed by atoms with Gasteiger partial charge in [-0.2, -0.15) is 0 Å². The number of nitrogens with one attached hydrogen (secondary N) is 2. The van der Waals surface area contributed by atoms with E-state index in [2.05, 4.69) is 10.0 Å². The van der Waals surface area contributed by atoms with Gasteiger partial charge in [0.25, 0.3) is 11.6 Å². The monoisotopic (exact) mass is 427 g/mol. The van der Waals surface area contributed by atoms with Crippen LogP contribution in [0.4, 0.5) is 5.69 Å². The molecule has 2 aromatic rings. The molecule has 0 radical (unpaired) electrons. The number of non-ortho nitro benzene ring substituents is 1. The third-order valence-corrected chi connectivity index (χ3v) is 6.27. The molecule has 0 saturated heterocycles. The highest BCUT2D eigenvalue weighted by Crippen LogP contribution is 2.21. The fraction of sp³-hybridized carbons (Fsp3) is 0.188. The molecule has 0 aliphatic heterocycles. The highest BCUT2D eigenvalue weighted by atomic mass is 32.2. The van der Waals surface area contributed by atoms with E-state index in [1.54, 1.807) is 0 Å². The number of hydrogen-bond donors (Lipinski definition) is 2. The Morgan fingerprint density at radius 2 is 1.64 bits per heavy atom. The van der Waals surface area contributed by atoms with Gasteiger partial charge in [-0.3, -0.25) is 14.9 Å². The van der Waals surface area contributed by atoms with E-state index in [4.69, 9.17) is 0 Å². The Labute approximate surface area is 161 Å². The number of sulfone groups is 1. The quantitative estimate of drug-likeness (QED) is 0.490. The Kier molecular flexibility index (Phi) is 6.17. The van der Waals surface area contributed by atoms with Gasteiger partial charge in [-0.25, -0.2) is 21.6 Å². The van der Waals surface area contributed by atoms with Crippen molar-refractivity contribution in [3.05, 3.63) is 63.7 Å². The number of benzene rings is 2. The number of nitrogens with zero attached hydrogens (tertiary/aromatic N) is 1. The number of rotatable bonds is 7. The zero-order valence-corrected chi connectivity index (χ0v) is 16.5. The molecule has 0 saturated carbocycles. The Morgan fingerprint density at radius 3 is 2.14 bits per heavy atom. The fourth-order valence-electron chi connectivity index (χ4n) is 2.22. The number of carbonyl (C=O) groups excluding carboxylic acids is 1. The first-order chi connectivity index (χ1) is 12.9. The minimum Gasteiger partial charge on any atom is -0.348 e. The standard InChI is InChI=1S/C16H17N3O7S2/c1-17-28(25,26)14-5-3-11(4-6-14)10-18-16(20)12-7-13(19(21)22)9-15(8-12)27(2,23)24/h3-9,17H,10H2,1-2H3,(H,18,20). The molecule has 0 aliphatic carbocycles. The van der Waals surface area contributed by atoms with Gasteiger partial charge < -0.3 is 5.32 Å². The smallest absolute Gasteiger partial charge is 0.271 e. The molecule has 2 aromatic carbocycles. The van der Waals surface area contributed by atoms with E-state index in [1.165, 1.54) is 31.3 Å². The zero-order chi connectivity index (χ0) is 21.1. The summed E-state index contributed by atoms with van der Waals surface area (Å²) in [5.41, 5.74) is -0.115. The summed E-state index contributed by atoms with van der Waals surface area (Å²) < 4.78 is 48.9. The molecular formula is C16H17N3O7S2. The van der Waals surface area contributed by atoms with Gasteiger partial charge in [-0.05, 0) is 30.8 Å². The lowest BCUT2D eigenvalue weighted by molar-refractivity contribution is -0.385. The van der Waals surface area contributed by atoms with Crippen LogP contribution in [0.25, 0.3) is 0 Å². The molecule has 2 rings (SSSR count). The second kappa shape index (κ2) is 8.04. The minimum absolute atomic E-state index is 0.00954. The molecule has 150 valence electrons. The fourth-order valence-corrected chi connectivity index (χ4v) is 3.63. The normalized spacial score (nSPS) is 11.8. The van der Waals surface area contributed by atoms with Crippen LogP contribution in [0.1, 0.15) is 15.9 Å². The Morgan fingerprint density at radius 1 is 1.04 bits per heavy atom. The second-order valence-corrected chi connectivity index (χ2v) is 9.68. The molecular weight excluding hydrogens is 410 g/mol. The molecule has 0 atom stereocenters. The first kappa shape index (κ1) is 21.5. The van der Waals surface area contributed by atoms with Crippen molar-refractivity contribution < 1.29 is 26.6 Å². The van der Waals surface area contributed by atoms with E-state index in [-0.39, 0.29) is 21.9 Å². The molecule has 0 aromatic heterocycles. The highest BCUT2D eigenvalue weighted by molar-refractivity contribution is 7.90. The van der Waals surface area contributed by atoms with E-state index in [0.717, 1.165) is 24.5 Å². The van der Waals surface area contributed by atoms with E-state index < -0.39 is 36.4 Å². The van der Waals surface area contributed by atoms with E-state index in [1.807, 2.05) is 0 Å². The first-order valence-electron chi connectivity index (χ1n) is 7.74. The topological polar surface area (TPSA) is 153 Å². The van der Waals surface area contributed by atoms with Gasteiger partial charge in [-0.15, -0.1) is 0 Å². The summed E-state index contributed by atoms with van der Waals surface area (Å²) in [6, 6.07) is 8.64. The van der Waals surface area contributed by atoms with Crippen LogP contribution < -0.4 is 10.0 Å². The third kappa shape index (κ3) is 5.12. The summed E-state index contributed by atoms with van der Waals surface area (Å²) >= 11 is 0. The van der Waals surface area contributed by atoms with Gasteiger partial charge in [0.2, 0.25) is 10.0 Å². The van der Waals surface area contributed by atoms with Crippen molar-refractivity contribution in [3.8, 4) is 0 Å². The summed E-state index contributed by atoms with van der Waals surface area (Å²) in [5, 5.41) is 13.5. The molecule has 12 heteroatoms. The van der Waals surface area contributed by atoms with Crippen molar-refractivity contribution in [2.75, 3.05) is 13.3 Å². The lowest BCUT2D eigenvalue weighted by atomic mass is 10.1. The van der Waals surface area contributed by atoms with Crippen molar-refractivity contribution in [2.24, 2.45) is 0 Å². The van der Waals surface area contributed by atoms with Crippen LogP contribution in [0.15, 0.2) is 52.3 Å². The number of nitro groups is 1. The second-order valence-electron chi connectivity index (χ2n) is 5.78. The number of hydrogen-bond acceptors (Lipinski definition) is 7. The highest BCUT2D eigenvalue weighted by Gasteiger charge is 2.19. The summed E-state index contributed by atoms with van der Waals surface area (Å²) in [7, 11) is -6.04. The van der Waals surface area contributed by atoms with Gasteiger partial charge in [0.05, 0.1) is 14.7 Å². The minimum atomic E-state index is -3.75. The Bertz CT molecular complexity index is 1130. The largest absolute Gasteiger partial charge is 0.348 e. The van der Waals surface area contributed by atoms with Crippen molar-refractivity contribution in [1.82, 2.24) is 10.0 Å². The molecule has 0 fully saturated rings. The zero-order valence-electron chi connectivity index (χ0n) is 14.9. The van der Waals surface area contributed by atoms with Gasteiger partial charge in [-0.1, -0.05) is 12.1 Å². The lowest BCUT2D eigenvalue weighted by Crippen LogP contribution is -2.23. The van der Waals surface area contributed by atoms with Crippen LogP contribution in [-0.2, 0) is 26.4 Å². The van der Waals surface area contributed by atoms with Crippen LogP contribution in [-0.4, -0.2) is 41.0 Å². The predicted octanol–water partition coefficient (Wildman–Crippen LogP) is 0.836. The maximum Gasteiger partial charge on any atom is 0.271 e. The lowest BCUT2D eigenvalue weighted by Gasteiger charge is -2.08. The average molecular weight is 427 g/mol. The molecule has 28 heavy (non-hydrogen) atoms. The maximum atomic E-state index is 12.3. The van der Waals surface area contributed by atoms with E-state index in [9.17, 15) is 31.7 Å². The number of sulfonamides is 1. The molecule has 1 amide bonds. The SMILES string of the molecule is CNS(=O)(=O)c1ccc(CNC(=O)c2cc([N+](=O)[O-])cc(S(C)(=O)=O)c2)cc1. The molecule has 0 heterocycles. The number of amides is 1. The predicted molar refractivity (Wildman–Crippen MR) is 100 cm³/mol. The van der Waals surface area contributed by atoms with Crippen LogP contribution in [0.3, 0.4) is 0 Å².